The molecule has 0 aliphatic rings. The highest BCUT2D eigenvalue weighted by molar-refractivity contribution is 5.77. The van der Waals surface area contributed by atoms with Gasteiger partial charge in [0.05, 0.1) is 7.11 Å². The molecule has 0 saturated heterocycles. The molecule has 0 aliphatic carbocycles. The molecule has 2 rings (SSSR count). The molecule has 0 bridgehead atoms. The standard InChI is InChI=1S/C16H16FNO2/c1-20-16(19)15(13-9-5-6-10-14(13)17)18-11-12-7-3-2-4-8-12/h2-10,15,18H,11H2,1H3. The van der Waals surface area contributed by atoms with E-state index in [0.29, 0.717) is 6.54 Å². The number of carbonyl (C=O) groups excluding carboxylic acids is 1. The molecule has 0 aromatic heterocycles. The minimum Gasteiger partial charge on any atom is -0.468 e. The van der Waals surface area contributed by atoms with Gasteiger partial charge in [-0.05, 0) is 11.6 Å². The van der Waals surface area contributed by atoms with Crippen molar-refractivity contribution in [3.8, 4) is 0 Å². The summed E-state index contributed by atoms with van der Waals surface area (Å²) in [7, 11) is 1.29. The number of nitrogens with one attached hydrogen (secondary N) is 1. The van der Waals surface area contributed by atoms with E-state index in [1.54, 1.807) is 18.2 Å². The molecule has 20 heavy (non-hydrogen) atoms. The SMILES string of the molecule is COC(=O)C(NCc1ccccc1)c1ccccc1F. The molecule has 0 amide bonds. The Morgan fingerprint density at radius 1 is 1.15 bits per heavy atom. The molecule has 0 aliphatic heterocycles. The maximum Gasteiger partial charge on any atom is 0.327 e. The highest BCUT2D eigenvalue weighted by Gasteiger charge is 2.23. The first kappa shape index (κ1) is 14.2. The van der Waals surface area contributed by atoms with Gasteiger partial charge in [-0.25, -0.2) is 9.18 Å². The van der Waals surface area contributed by atoms with Crippen LogP contribution in [-0.2, 0) is 16.1 Å². The number of hydrogen-bond donors (Lipinski definition) is 1. The number of ether oxygens (including phenoxy) is 1. The lowest BCUT2D eigenvalue weighted by molar-refractivity contribution is -0.143. The number of halogens is 1. The van der Waals surface area contributed by atoms with E-state index >= 15 is 0 Å². The molecule has 0 fully saturated rings. The number of carbonyl (C=O) groups is 1. The fourth-order valence-electron chi connectivity index (χ4n) is 1.96. The lowest BCUT2D eigenvalue weighted by Crippen LogP contribution is -2.30. The van der Waals surface area contributed by atoms with E-state index in [-0.39, 0.29) is 5.56 Å². The van der Waals surface area contributed by atoms with Crippen LogP contribution in [0.1, 0.15) is 17.2 Å². The summed E-state index contributed by atoms with van der Waals surface area (Å²) >= 11 is 0. The van der Waals surface area contributed by atoms with E-state index in [2.05, 4.69) is 5.32 Å². The van der Waals surface area contributed by atoms with E-state index in [4.69, 9.17) is 4.74 Å². The van der Waals surface area contributed by atoms with Crippen molar-refractivity contribution in [3.05, 3.63) is 71.5 Å². The fraction of sp³-hybridized carbons (Fsp3) is 0.188. The van der Waals surface area contributed by atoms with Crippen molar-refractivity contribution >= 4 is 5.97 Å². The van der Waals surface area contributed by atoms with Gasteiger partial charge in [0.15, 0.2) is 0 Å². The molecule has 0 spiro atoms. The predicted octanol–water partition coefficient (Wildman–Crippen LogP) is 2.83. The first-order chi connectivity index (χ1) is 9.72. The Bertz CT molecular complexity index is 572. The van der Waals surface area contributed by atoms with E-state index in [1.807, 2.05) is 30.3 Å². The van der Waals surface area contributed by atoms with Gasteiger partial charge in [0.2, 0.25) is 0 Å². The van der Waals surface area contributed by atoms with Crippen LogP contribution in [-0.4, -0.2) is 13.1 Å². The van der Waals surface area contributed by atoms with Crippen molar-refractivity contribution in [1.82, 2.24) is 5.32 Å². The molecular weight excluding hydrogens is 257 g/mol. The minimum atomic E-state index is -0.818. The molecule has 3 nitrogen and oxygen atoms in total. The van der Waals surface area contributed by atoms with Crippen LogP contribution in [0.4, 0.5) is 4.39 Å². The lowest BCUT2D eigenvalue weighted by atomic mass is 10.1. The summed E-state index contributed by atoms with van der Waals surface area (Å²) in [6, 6.07) is 15.0. The van der Waals surface area contributed by atoms with Gasteiger partial charge >= 0.3 is 5.97 Å². The Morgan fingerprint density at radius 2 is 1.80 bits per heavy atom. The van der Waals surface area contributed by atoms with Crippen LogP contribution in [0.5, 0.6) is 0 Å². The Hall–Kier alpha value is -2.20. The molecular formula is C16H16FNO2. The molecule has 1 unspecified atom stereocenters. The van der Waals surface area contributed by atoms with Crippen molar-refractivity contribution in [2.75, 3.05) is 7.11 Å². The minimum absolute atomic E-state index is 0.287. The van der Waals surface area contributed by atoms with Gasteiger partial charge in [-0.15, -0.1) is 0 Å². The highest BCUT2D eigenvalue weighted by Crippen LogP contribution is 2.18. The molecule has 104 valence electrons. The van der Waals surface area contributed by atoms with Crippen molar-refractivity contribution < 1.29 is 13.9 Å². The fourth-order valence-corrected chi connectivity index (χ4v) is 1.96. The van der Waals surface area contributed by atoms with Gasteiger partial charge in [-0.1, -0.05) is 48.5 Å². The number of rotatable bonds is 5. The molecule has 2 aromatic rings. The Kier molecular flexibility index (Phi) is 4.85. The second-order valence-electron chi connectivity index (χ2n) is 4.34. The zero-order valence-corrected chi connectivity index (χ0v) is 11.2. The molecule has 4 heteroatoms. The highest BCUT2D eigenvalue weighted by atomic mass is 19.1. The number of methoxy groups -OCH3 is 1. The summed E-state index contributed by atoms with van der Waals surface area (Å²) < 4.78 is 18.6. The molecule has 2 aromatic carbocycles. The second kappa shape index (κ2) is 6.82. The van der Waals surface area contributed by atoms with Crippen LogP contribution in [0.3, 0.4) is 0 Å². The summed E-state index contributed by atoms with van der Waals surface area (Å²) in [6.07, 6.45) is 0. The predicted molar refractivity (Wildman–Crippen MR) is 74.4 cm³/mol. The Morgan fingerprint density at radius 3 is 2.45 bits per heavy atom. The number of esters is 1. The third kappa shape index (κ3) is 3.42. The van der Waals surface area contributed by atoms with E-state index in [1.165, 1.54) is 13.2 Å². The maximum atomic E-state index is 13.8. The van der Waals surface area contributed by atoms with Crippen LogP contribution < -0.4 is 5.32 Å². The van der Waals surface area contributed by atoms with Gasteiger partial charge in [-0.2, -0.15) is 0 Å². The van der Waals surface area contributed by atoms with Crippen LogP contribution >= 0.6 is 0 Å². The van der Waals surface area contributed by atoms with Crippen molar-refractivity contribution in [2.24, 2.45) is 0 Å². The van der Waals surface area contributed by atoms with E-state index < -0.39 is 17.8 Å². The zero-order valence-electron chi connectivity index (χ0n) is 11.2. The second-order valence-corrected chi connectivity index (χ2v) is 4.34. The summed E-state index contributed by atoms with van der Waals surface area (Å²) in [5.41, 5.74) is 1.30. The smallest absolute Gasteiger partial charge is 0.327 e. The number of benzene rings is 2. The van der Waals surface area contributed by atoms with E-state index in [9.17, 15) is 9.18 Å². The van der Waals surface area contributed by atoms with E-state index in [0.717, 1.165) is 5.56 Å². The van der Waals surface area contributed by atoms with Gasteiger partial charge in [0.1, 0.15) is 11.9 Å². The average Bonchev–Trinajstić information content (AvgIpc) is 2.50. The Balaban J connectivity index is 2.17. The topological polar surface area (TPSA) is 38.3 Å². The molecule has 0 heterocycles. The summed E-state index contributed by atoms with van der Waals surface area (Å²) in [4.78, 5) is 11.8. The zero-order chi connectivity index (χ0) is 14.4. The first-order valence-corrected chi connectivity index (χ1v) is 6.32. The molecule has 1 atom stereocenters. The third-order valence-electron chi connectivity index (χ3n) is 3.01. The van der Waals surface area contributed by atoms with Gasteiger partial charge in [-0.3, -0.25) is 5.32 Å². The van der Waals surface area contributed by atoms with Crippen LogP contribution in [0.15, 0.2) is 54.6 Å². The average molecular weight is 273 g/mol. The first-order valence-electron chi connectivity index (χ1n) is 6.32. The van der Waals surface area contributed by atoms with Crippen LogP contribution in [0.25, 0.3) is 0 Å². The molecule has 1 N–H and O–H groups in total. The summed E-state index contributed by atoms with van der Waals surface area (Å²) in [6.45, 7) is 0.453. The quantitative estimate of drug-likeness (QED) is 0.851. The van der Waals surface area contributed by atoms with Gasteiger partial charge in [0, 0.05) is 12.1 Å². The van der Waals surface area contributed by atoms with Crippen molar-refractivity contribution in [2.45, 2.75) is 12.6 Å². The van der Waals surface area contributed by atoms with Crippen LogP contribution in [0.2, 0.25) is 0 Å². The molecule has 0 radical (unpaired) electrons. The maximum absolute atomic E-state index is 13.8. The van der Waals surface area contributed by atoms with Crippen LogP contribution in [0, 0.1) is 5.82 Å². The largest absolute Gasteiger partial charge is 0.468 e. The lowest BCUT2D eigenvalue weighted by Gasteiger charge is -2.17. The number of hydrogen-bond acceptors (Lipinski definition) is 3. The van der Waals surface area contributed by atoms with Crippen molar-refractivity contribution in [1.29, 1.82) is 0 Å². The normalized spacial score (nSPS) is 11.9. The third-order valence-corrected chi connectivity index (χ3v) is 3.01. The monoisotopic (exact) mass is 273 g/mol. The summed E-state index contributed by atoms with van der Waals surface area (Å²) in [5, 5.41) is 3.03. The van der Waals surface area contributed by atoms with Gasteiger partial charge < -0.3 is 4.74 Å². The summed E-state index contributed by atoms with van der Waals surface area (Å²) in [5.74, 6) is -0.936. The molecule has 0 saturated carbocycles. The Labute approximate surface area is 117 Å². The van der Waals surface area contributed by atoms with Crippen molar-refractivity contribution in [3.63, 3.8) is 0 Å². The van der Waals surface area contributed by atoms with Gasteiger partial charge in [0.25, 0.3) is 0 Å².